The molecule has 0 radical (unpaired) electrons. The minimum absolute atomic E-state index is 0.156. The van der Waals surface area contributed by atoms with Gasteiger partial charge in [-0.1, -0.05) is 37.3 Å². The van der Waals surface area contributed by atoms with Crippen molar-refractivity contribution in [3.8, 4) is 0 Å². The largest absolute Gasteiger partial charge is 0.393 e. The van der Waals surface area contributed by atoms with Crippen molar-refractivity contribution in [1.29, 1.82) is 0 Å². The Morgan fingerprint density at radius 3 is 2.40 bits per heavy atom. The van der Waals surface area contributed by atoms with Gasteiger partial charge in [0.1, 0.15) is 0 Å². The number of carbonyl (C=O) groups is 1. The first-order valence-corrected chi connectivity index (χ1v) is 5.36. The van der Waals surface area contributed by atoms with E-state index in [0.29, 0.717) is 12.8 Å². The van der Waals surface area contributed by atoms with Crippen molar-refractivity contribution < 1.29 is 9.90 Å². The highest BCUT2D eigenvalue weighted by Gasteiger charge is 2.12. The third-order valence-corrected chi connectivity index (χ3v) is 2.37. The zero-order valence-corrected chi connectivity index (χ0v) is 9.31. The number of rotatable bonds is 5. The van der Waals surface area contributed by atoms with E-state index in [4.69, 9.17) is 0 Å². The molecular formula is C13H18O2. The first-order chi connectivity index (χ1) is 7.09. The maximum absolute atomic E-state index is 11.8. The fraction of sp³-hybridized carbons (Fsp3) is 0.462. The van der Waals surface area contributed by atoms with Gasteiger partial charge in [0.2, 0.25) is 0 Å². The van der Waals surface area contributed by atoms with E-state index in [0.717, 1.165) is 5.56 Å². The highest BCUT2D eigenvalue weighted by atomic mass is 16.3. The van der Waals surface area contributed by atoms with Crippen molar-refractivity contribution in [2.24, 2.45) is 5.92 Å². The average molecular weight is 206 g/mol. The Morgan fingerprint density at radius 2 is 1.87 bits per heavy atom. The van der Waals surface area contributed by atoms with Crippen LogP contribution in [0.1, 0.15) is 37.0 Å². The molecule has 0 spiro atoms. The summed E-state index contributed by atoms with van der Waals surface area (Å²) in [7, 11) is 0. The predicted molar refractivity (Wildman–Crippen MR) is 60.9 cm³/mol. The summed E-state index contributed by atoms with van der Waals surface area (Å²) in [4.78, 5) is 11.8. The Bertz CT molecular complexity index is 304. The van der Waals surface area contributed by atoms with Crippen LogP contribution in [0.15, 0.2) is 30.3 Å². The lowest BCUT2D eigenvalue weighted by Gasteiger charge is -2.12. The van der Waals surface area contributed by atoms with E-state index in [1.54, 1.807) is 6.92 Å². The number of aliphatic hydroxyl groups is 1. The number of benzene rings is 1. The number of carbonyl (C=O) groups excluding carboxylic acids is 1. The average Bonchev–Trinajstić information content (AvgIpc) is 2.17. The SMILES string of the molecule is CC(O)CC(C)CC(=O)c1ccccc1. The van der Waals surface area contributed by atoms with Gasteiger partial charge in [-0.3, -0.25) is 4.79 Å². The van der Waals surface area contributed by atoms with Gasteiger partial charge < -0.3 is 5.11 Å². The van der Waals surface area contributed by atoms with Crippen molar-refractivity contribution in [3.63, 3.8) is 0 Å². The standard InChI is InChI=1S/C13H18O2/c1-10(8-11(2)14)9-13(15)12-6-4-3-5-7-12/h3-7,10-11,14H,8-9H2,1-2H3. The van der Waals surface area contributed by atoms with Crippen LogP contribution in [0.5, 0.6) is 0 Å². The van der Waals surface area contributed by atoms with Crippen LogP contribution in [0.2, 0.25) is 0 Å². The first-order valence-electron chi connectivity index (χ1n) is 5.36. The topological polar surface area (TPSA) is 37.3 Å². The summed E-state index contributed by atoms with van der Waals surface area (Å²) >= 11 is 0. The molecule has 15 heavy (non-hydrogen) atoms. The third-order valence-electron chi connectivity index (χ3n) is 2.37. The lowest BCUT2D eigenvalue weighted by atomic mass is 9.95. The smallest absolute Gasteiger partial charge is 0.163 e. The maximum Gasteiger partial charge on any atom is 0.163 e. The molecule has 2 heteroatoms. The van der Waals surface area contributed by atoms with E-state index in [2.05, 4.69) is 0 Å². The fourth-order valence-electron chi connectivity index (χ4n) is 1.72. The molecule has 0 heterocycles. The van der Waals surface area contributed by atoms with Crippen LogP contribution in [0.4, 0.5) is 0 Å². The Kier molecular flexibility index (Phi) is 4.50. The van der Waals surface area contributed by atoms with Crippen molar-refractivity contribution in [2.75, 3.05) is 0 Å². The summed E-state index contributed by atoms with van der Waals surface area (Å²) in [6.45, 7) is 3.75. The minimum Gasteiger partial charge on any atom is -0.393 e. The highest BCUT2D eigenvalue weighted by molar-refractivity contribution is 5.96. The van der Waals surface area contributed by atoms with Crippen molar-refractivity contribution in [1.82, 2.24) is 0 Å². The Balaban J connectivity index is 2.49. The lowest BCUT2D eigenvalue weighted by Crippen LogP contribution is -2.11. The molecule has 0 bridgehead atoms. The first kappa shape index (κ1) is 11.9. The van der Waals surface area contributed by atoms with Crippen LogP contribution in [0, 0.1) is 5.92 Å². The molecule has 0 saturated carbocycles. The molecule has 0 amide bonds. The van der Waals surface area contributed by atoms with Gasteiger partial charge in [-0.05, 0) is 19.3 Å². The molecule has 0 aromatic heterocycles. The molecule has 1 aromatic carbocycles. The molecule has 1 N–H and O–H groups in total. The molecule has 1 aromatic rings. The van der Waals surface area contributed by atoms with Gasteiger partial charge in [-0.25, -0.2) is 0 Å². The van der Waals surface area contributed by atoms with E-state index >= 15 is 0 Å². The fourth-order valence-corrected chi connectivity index (χ4v) is 1.72. The summed E-state index contributed by atoms with van der Waals surface area (Å²) in [5, 5.41) is 9.19. The summed E-state index contributed by atoms with van der Waals surface area (Å²) in [5.74, 6) is 0.390. The normalized spacial score (nSPS) is 14.6. The quantitative estimate of drug-likeness (QED) is 0.752. The van der Waals surface area contributed by atoms with Gasteiger partial charge in [0.15, 0.2) is 5.78 Å². The molecular weight excluding hydrogens is 188 g/mol. The second-order valence-corrected chi connectivity index (χ2v) is 4.18. The minimum atomic E-state index is -0.330. The van der Waals surface area contributed by atoms with Gasteiger partial charge in [-0.2, -0.15) is 0 Å². The van der Waals surface area contributed by atoms with E-state index < -0.39 is 0 Å². The molecule has 2 nitrogen and oxygen atoms in total. The van der Waals surface area contributed by atoms with E-state index in [-0.39, 0.29) is 17.8 Å². The van der Waals surface area contributed by atoms with E-state index in [1.165, 1.54) is 0 Å². The molecule has 0 aliphatic heterocycles. The molecule has 2 atom stereocenters. The summed E-state index contributed by atoms with van der Waals surface area (Å²) in [6, 6.07) is 9.30. The maximum atomic E-state index is 11.8. The molecule has 0 fully saturated rings. The third kappa shape index (κ3) is 4.26. The van der Waals surface area contributed by atoms with Crippen LogP contribution in [0.25, 0.3) is 0 Å². The summed E-state index contributed by atoms with van der Waals surface area (Å²) in [5.41, 5.74) is 0.759. The molecule has 1 rings (SSSR count). The zero-order valence-electron chi connectivity index (χ0n) is 9.31. The predicted octanol–water partition coefficient (Wildman–Crippen LogP) is 2.67. The van der Waals surface area contributed by atoms with Crippen LogP contribution in [-0.4, -0.2) is 17.0 Å². The summed E-state index contributed by atoms with van der Waals surface area (Å²) in [6.07, 6.45) is 0.858. The van der Waals surface area contributed by atoms with Crippen LogP contribution in [0.3, 0.4) is 0 Å². The number of aliphatic hydroxyl groups excluding tert-OH is 1. The number of Topliss-reactive ketones (excluding diaryl/α,β-unsaturated/α-hetero) is 1. The zero-order chi connectivity index (χ0) is 11.3. The molecule has 0 saturated heterocycles. The Hall–Kier alpha value is -1.15. The van der Waals surface area contributed by atoms with Crippen LogP contribution < -0.4 is 0 Å². The molecule has 0 aliphatic carbocycles. The highest BCUT2D eigenvalue weighted by Crippen LogP contribution is 2.14. The number of hydrogen-bond donors (Lipinski definition) is 1. The van der Waals surface area contributed by atoms with Gasteiger partial charge in [0.25, 0.3) is 0 Å². The van der Waals surface area contributed by atoms with E-state index in [9.17, 15) is 9.90 Å². The number of hydrogen-bond acceptors (Lipinski definition) is 2. The van der Waals surface area contributed by atoms with Gasteiger partial charge in [0, 0.05) is 12.0 Å². The van der Waals surface area contributed by atoms with Gasteiger partial charge in [-0.15, -0.1) is 0 Å². The van der Waals surface area contributed by atoms with Gasteiger partial charge in [0.05, 0.1) is 6.10 Å². The monoisotopic (exact) mass is 206 g/mol. The second-order valence-electron chi connectivity index (χ2n) is 4.18. The molecule has 82 valence electrons. The summed E-state index contributed by atoms with van der Waals surface area (Å²) < 4.78 is 0. The lowest BCUT2D eigenvalue weighted by molar-refractivity contribution is 0.0943. The van der Waals surface area contributed by atoms with Gasteiger partial charge >= 0.3 is 0 Å². The number of ketones is 1. The van der Waals surface area contributed by atoms with Crippen LogP contribution >= 0.6 is 0 Å². The van der Waals surface area contributed by atoms with Crippen molar-refractivity contribution >= 4 is 5.78 Å². The van der Waals surface area contributed by atoms with Crippen molar-refractivity contribution in [3.05, 3.63) is 35.9 Å². The molecule has 0 aliphatic rings. The van der Waals surface area contributed by atoms with Crippen molar-refractivity contribution in [2.45, 2.75) is 32.8 Å². The Labute approximate surface area is 90.9 Å². The molecule has 2 unspecified atom stereocenters. The second kappa shape index (κ2) is 5.66. The van der Waals surface area contributed by atoms with Crippen LogP contribution in [-0.2, 0) is 0 Å². The Morgan fingerprint density at radius 1 is 1.27 bits per heavy atom. The van der Waals surface area contributed by atoms with E-state index in [1.807, 2.05) is 37.3 Å².